The number of fused-ring (bicyclic) bond motifs is 1. The molecule has 19 heavy (non-hydrogen) atoms. The molecule has 3 rings (SSSR count). The van der Waals surface area contributed by atoms with Crippen molar-refractivity contribution in [3.63, 3.8) is 0 Å². The summed E-state index contributed by atoms with van der Waals surface area (Å²) < 4.78 is 0. The number of hydrogen-bond donors (Lipinski definition) is 1. The first-order valence-electron chi connectivity index (χ1n) is 5.79. The molecule has 0 amide bonds. The number of hydrogen-bond acceptors (Lipinski definition) is 5. The minimum absolute atomic E-state index is 0.212. The standard InChI is InChI=1S/C12H12ClN5S/c1-7(9-4-3-5-19-9)18(2)11-8-6-14-17-10(8)15-12(13)16-11/h3-7H,1-2H3,(H,14,15,16,17). The third-order valence-corrected chi connectivity index (χ3v) is 4.34. The molecular formula is C12H12ClN5S. The van der Waals surface area contributed by atoms with Crippen LogP contribution in [0.1, 0.15) is 17.8 Å². The Morgan fingerprint density at radius 3 is 3.00 bits per heavy atom. The van der Waals surface area contributed by atoms with E-state index in [4.69, 9.17) is 11.6 Å². The Labute approximate surface area is 119 Å². The van der Waals surface area contributed by atoms with Crippen LogP contribution in [0.15, 0.2) is 23.7 Å². The Morgan fingerprint density at radius 1 is 1.42 bits per heavy atom. The van der Waals surface area contributed by atoms with Gasteiger partial charge in [0, 0.05) is 11.9 Å². The molecule has 98 valence electrons. The highest BCUT2D eigenvalue weighted by Gasteiger charge is 2.18. The average Bonchev–Trinajstić information content (AvgIpc) is 3.06. The molecule has 0 fully saturated rings. The zero-order valence-electron chi connectivity index (χ0n) is 10.5. The van der Waals surface area contributed by atoms with Crippen LogP contribution in [0.3, 0.4) is 0 Å². The lowest BCUT2D eigenvalue weighted by molar-refractivity contribution is 0.744. The van der Waals surface area contributed by atoms with Crippen LogP contribution in [0.2, 0.25) is 5.28 Å². The predicted octanol–water partition coefficient (Wildman–Crippen LogP) is 3.27. The minimum Gasteiger partial charge on any atom is -0.351 e. The lowest BCUT2D eigenvalue weighted by Crippen LogP contribution is -2.22. The summed E-state index contributed by atoms with van der Waals surface area (Å²) in [4.78, 5) is 11.8. The lowest BCUT2D eigenvalue weighted by atomic mass is 10.2. The van der Waals surface area contributed by atoms with Gasteiger partial charge in [-0.1, -0.05) is 6.07 Å². The van der Waals surface area contributed by atoms with Crippen LogP contribution in [0.25, 0.3) is 11.0 Å². The third-order valence-electron chi connectivity index (χ3n) is 3.13. The fourth-order valence-corrected chi connectivity index (χ4v) is 2.96. The molecule has 0 aromatic carbocycles. The van der Waals surface area contributed by atoms with Gasteiger partial charge in [-0.15, -0.1) is 11.3 Å². The van der Waals surface area contributed by atoms with Gasteiger partial charge in [0.05, 0.1) is 17.6 Å². The number of rotatable bonds is 3. The molecule has 0 radical (unpaired) electrons. The zero-order chi connectivity index (χ0) is 13.4. The van der Waals surface area contributed by atoms with Crippen LogP contribution in [0.5, 0.6) is 0 Å². The Morgan fingerprint density at radius 2 is 2.26 bits per heavy atom. The number of thiophene rings is 1. The maximum Gasteiger partial charge on any atom is 0.226 e. The summed E-state index contributed by atoms with van der Waals surface area (Å²) in [6.45, 7) is 2.13. The third kappa shape index (κ3) is 2.17. The van der Waals surface area contributed by atoms with Gasteiger partial charge in [-0.3, -0.25) is 5.10 Å². The second-order valence-electron chi connectivity index (χ2n) is 4.25. The highest BCUT2D eigenvalue weighted by molar-refractivity contribution is 7.10. The fraction of sp³-hybridized carbons (Fsp3) is 0.250. The van der Waals surface area contributed by atoms with Crippen molar-refractivity contribution >= 4 is 39.8 Å². The summed E-state index contributed by atoms with van der Waals surface area (Å²) >= 11 is 7.68. The van der Waals surface area contributed by atoms with E-state index in [0.29, 0.717) is 5.65 Å². The van der Waals surface area contributed by atoms with E-state index in [1.165, 1.54) is 4.88 Å². The van der Waals surface area contributed by atoms with Crippen molar-refractivity contribution in [2.24, 2.45) is 0 Å². The van der Waals surface area contributed by atoms with E-state index >= 15 is 0 Å². The second-order valence-corrected chi connectivity index (χ2v) is 5.57. The molecule has 0 aliphatic carbocycles. The van der Waals surface area contributed by atoms with Gasteiger partial charge in [0.2, 0.25) is 5.28 Å². The topological polar surface area (TPSA) is 57.7 Å². The van der Waals surface area contributed by atoms with Crippen molar-refractivity contribution in [2.45, 2.75) is 13.0 Å². The molecule has 0 bridgehead atoms. The number of nitrogens with zero attached hydrogens (tertiary/aromatic N) is 4. The van der Waals surface area contributed by atoms with Crippen LogP contribution >= 0.6 is 22.9 Å². The quantitative estimate of drug-likeness (QED) is 0.753. The summed E-state index contributed by atoms with van der Waals surface area (Å²) in [5.74, 6) is 0.782. The smallest absolute Gasteiger partial charge is 0.226 e. The molecule has 7 heteroatoms. The van der Waals surface area contributed by atoms with Gasteiger partial charge in [0.1, 0.15) is 5.82 Å². The Hall–Kier alpha value is -1.66. The van der Waals surface area contributed by atoms with Gasteiger partial charge in [0.15, 0.2) is 5.65 Å². The van der Waals surface area contributed by atoms with E-state index in [9.17, 15) is 0 Å². The van der Waals surface area contributed by atoms with Crippen molar-refractivity contribution in [3.8, 4) is 0 Å². The first-order valence-corrected chi connectivity index (χ1v) is 7.05. The van der Waals surface area contributed by atoms with Gasteiger partial charge in [-0.2, -0.15) is 15.1 Å². The molecule has 3 aromatic heterocycles. The molecule has 5 nitrogen and oxygen atoms in total. The maximum absolute atomic E-state index is 5.96. The molecule has 0 saturated heterocycles. The van der Waals surface area contributed by atoms with Crippen molar-refractivity contribution in [1.82, 2.24) is 20.2 Å². The molecule has 0 spiro atoms. The van der Waals surface area contributed by atoms with Crippen LogP contribution in [-0.2, 0) is 0 Å². The SMILES string of the molecule is CC(c1cccs1)N(C)c1nc(Cl)nc2[nH]ncc12. The Kier molecular flexibility index (Phi) is 3.12. The van der Waals surface area contributed by atoms with Crippen LogP contribution in [-0.4, -0.2) is 27.2 Å². The Bertz CT molecular complexity index is 693. The molecule has 3 heterocycles. The van der Waals surface area contributed by atoms with Crippen molar-refractivity contribution in [1.29, 1.82) is 0 Å². The minimum atomic E-state index is 0.212. The summed E-state index contributed by atoms with van der Waals surface area (Å²) in [6, 6.07) is 4.37. The van der Waals surface area contributed by atoms with Gasteiger partial charge < -0.3 is 4.90 Å². The first-order chi connectivity index (χ1) is 9.16. The van der Waals surface area contributed by atoms with E-state index < -0.39 is 0 Å². The van der Waals surface area contributed by atoms with Crippen LogP contribution < -0.4 is 4.90 Å². The van der Waals surface area contributed by atoms with E-state index in [0.717, 1.165) is 11.2 Å². The van der Waals surface area contributed by atoms with Gasteiger partial charge in [0.25, 0.3) is 0 Å². The molecule has 1 atom stereocenters. The van der Waals surface area contributed by atoms with Gasteiger partial charge >= 0.3 is 0 Å². The highest BCUT2D eigenvalue weighted by atomic mass is 35.5. The van der Waals surface area contributed by atoms with E-state index in [-0.39, 0.29) is 11.3 Å². The molecule has 3 aromatic rings. The molecule has 0 saturated carbocycles. The summed E-state index contributed by atoms with van der Waals surface area (Å²) in [5.41, 5.74) is 0.653. The molecule has 0 aliphatic heterocycles. The number of anilines is 1. The normalized spacial score (nSPS) is 12.8. The number of aromatic nitrogens is 4. The van der Waals surface area contributed by atoms with Crippen molar-refractivity contribution in [2.75, 3.05) is 11.9 Å². The predicted molar refractivity (Wildman–Crippen MR) is 77.8 cm³/mol. The van der Waals surface area contributed by atoms with Crippen molar-refractivity contribution < 1.29 is 0 Å². The molecular weight excluding hydrogens is 282 g/mol. The lowest BCUT2D eigenvalue weighted by Gasteiger charge is -2.25. The molecule has 0 aliphatic rings. The summed E-state index contributed by atoms with van der Waals surface area (Å²) in [7, 11) is 2.00. The van der Waals surface area contributed by atoms with E-state index in [2.05, 4.69) is 43.4 Å². The van der Waals surface area contributed by atoms with Gasteiger partial charge in [-0.05, 0) is 30.0 Å². The monoisotopic (exact) mass is 293 g/mol. The van der Waals surface area contributed by atoms with E-state index in [1.54, 1.807) is 17.5 Å². The molecule has 1 N–H and O–H groups in total. The molecule has 1 unspecified atom stereocenters. The number of nitrogens with one attached hydrogen (secondary N) is 1. The average molecular weight is 294 g/mol. The largest absolute Gasteiger partial charge is 0.351 e. The van der Waals surface area contributed by atoms with E-state index in [1.807, 2.05) is 13.1 Å². The second kappa shape index (κ2) is 4.79. The highest BCUT2D eigenvalue weighted by Crippen LogP contribution is 2.31. The van der Waals surface area contributed by atoms with Crippen molar-refractivity contribution in [3.05, 3.63) is 33.9 Å². The summed E-state index contributed by atoms with van der Waals surface area (Å²) in [6.07, 6.45) is 1.72. The first kappa shape index (κ1) is 12.4. The summed E-state index contributed by atoms with van der Waals surface area (Å²) in [5, 5.41) is 9.98. The Balaban J connectivity index is 2.06. The zero-order valence-corrected chi connectivity index (χ0v) is 12.0. The number of halogens is 1. The fourth-order valence-electron chi connectivity index (χ4n) is 1.97. The number of H-pyrrole nitrogens is 1. The van der Waals surface area contributed by atoms with Crippen LogP contribution in [0.4, 0.5) is 5.82 Å². The maximum atomic E-state index is 5.96. The van der Waals surface area contributed by atoms with Gasteiger partial charge in [-0.25, -0.2) is 0 Å². The number of aromatic amines is 1. The van der Waals surface area contributed by atoms with Crippen LogP contribution in [0, 0.1) is 0 Å².